The van der Waals surface area contributed by atoms with Crippen molar-refractivity contribution in [1.82, 2.24) is 4.98 Å². The van der Waals surface area contributed by atoms with Crippen LogP contribution in [0.1, 0.15) is 29.8 Å². The molecule has 1 aromatic heterocycles. The molecule has 1 aromatic carbocycles. The minimum atomic E-state index is -0.313. The number of halogens is 1. The number of carbonyl (C=O) groups is 1. The van der Waals surface area contributed by atoms with Crippen molar-refractivity contribution in [3.05, 3.63) is 41.2 Å². The van der Waals surface area contributed by atoms with E-state index in [2.05, 4.69) is 15.2 Å². The van der Waals surface area contributed by atoms with Gasteiger partial charge >= 0.3 is 0 Å². The van der Waals surface area contributed by atoms with Crippen molar-refractivity contribution in [1.29, 1.82) is 0 Å². The van der Waals surface area contributed by atoms with Crippen LogP contribution < -0.4 is 19.7 Å². The zero-order valence-corrected chi connectivity index (χ0v) is 15.7. The molecule has 0 atom stereocenters. The van der Waals surface area contributed by atoms with Crippen LogP contribution in [0.5, 0.6) is 11.5 Å². The Morgan fingerprint density at radius 2 is 1.85 bits per heavy atom. The normalized spacial score (nSPS) is 14.0. The maximum atomic E-state index is 12.7. The van der Waals surface area contributed by atoms with Gasteiger partial charge in [-0.2, -0.15) is 0 Å². The topological polar surface area (TPSA) is 63.7 Å². The number of carbonyl (C=O) groups excluding carboxylic acids is 1. The molecule has 138 valence electrons. The standard InChI is InChI=1S/C19H22ClN3O3/c1-25-17-12-15(18(26-2)11-14(17)20)22-19(24)16-10-13(6-7-21-16)23-8-4-3-5-9-23/h6-7,10-12H,3-5,8-9H2,1-2H3,(H,22,24). The summed E-state index contributed by atoms with van der Waals surface area (Å²) in [7, 11) is 3.03. The van der Waals surface area contributed by atoms with E-state index >= 15 is 0 Å². The van der Waals surface area contributed by atoms with Crippen LogP contribution in [0.15, 0.2) is 30.5 Å². The third kappa shape index (κ3) is 4.02. The molecule has 0 saturated carbocycles. The van der Waals surface area contributed by atoms with Gasteiger partial charge in [0, 0.05) is 37.1 Å². The molecule has 0 radical (unpaired) electrons. The SMILES string of the molecule is COc1cc(NC(=O)c2cc(N3CCCCC3)ccn2)c(OC)cc1Cl. The molecule has 6 nitrogen and oxygen atoms in total. The Labute approximate surface area is 158 Å². The van der Waals surface area contributed by atoms with Crippen LogP contribution in [0.25, 0.3) is 0 Å². The number of benzene rings is 1. The fourth-order valence-corrected chi connectivity index (χ4v) is 3.27. The van der Waals surface area contributed by atoms with Gasteiger partial charge in [0.25, 0.3) is 5.91 Å². The van der Waals surface area contributed by atoms with Crippen molar-refractivity contribution >= 4 is 28.9 Å². The summed E-state index contributed by atoms with van der Waals surface area (Å²) < 4.78 is 10.5. The maximum absolute atomic E-state index is 12.7. The van der Waals surface area contributed by atoms with E-state index in [0.29, 0.717) is 27.9 Å². The molecule has 1 aliphatic heterocycles. The molecule has 1 aliphatic rings. The lowest BCUT2D eigenvalue weighted by Crippen LogP contribution is -2.29. The van der Waals surface area contributed by atoms with Crippen LogP contribution in [-0.4, -0.2) is 38.2 Å². The molecule has 3 rings (SSSR count). The highest BCUT2D eigenvalue weighted by molar-refractivity contribution is 6.32. The van der Waals surface area contributed by atoms with Gasteiger partial charge in [0.1, 0.15) is 17.2 Å². The Bertz CT molecular complexity index is 792. The maximum Gasteiger partial charge on any atom is 0.274 e. The molecule has 1 saturated heterocycles. The summed E-state index contributed by atoms with van der Waals surface area (Å²) in [6.45, 7) is 2.01. The Morgan fingerprint density at radius 3 is 2.54 bits per heavy atom. The van der Waals surface area contributed by atoms with Gasteiger partial charge in [0.2, 0.25) is 0 Å². The van der Waals surface area contributed by atoms with Gasteiger partial charge in [-0.05, 0) is 31.4 Å². The average Bonchev–Trinajstić information content (AvgIpc) is 2.69. The van der Waals surface area contributed by atoms with E-state index in [-0.39, 0.29) is 5.91 Å². The van der Waals surface area contributed by atoms with Gasteiger partial charge in [-0.3, -0.25) is 9.78 Å². The van der Waals surface area contributed by atoms with Crippen LogP contribution in [0.4, 0.5) is 11.4 Å². The molecule has 7 heteroatoms. The van der Waals surface area contributed by atoms with Crippen molar-refractivity contribution < 1.29 is 14.3 Å². The van der Waals surface area contributed by atoms with E-state index in [1.165, 1.54) is 33.5 Å². The smallest absolute Gasteiger partial charge is 0.274 e. The van der Waals surface area contributed by atoms with Crippen LogP contribution in [0.3, 0.4) is 0 Å². The largest absolute Gasteiger partial charge is 0.495 e. The number of rotatable bonds is 5. The van der Waals surface area contributed by atoms with E-state index in [1.807, 2.05) is 12.1 Å². The minimum absolute atomic E-state index is 0.313. The van der Waals surface area contributed by atoms with Gasteiger partial charge in [0.15, 0.2) is 0 Å². The summed E-state index contributed by atoms with van der Waals surface area (Å²) in [6.07, 6.45) is 5.27. The van der Waals surface area contributed by atoms with Gasteiger partial charge in [0.05, 0.1) is 24.9 Å². The number of ether oxygens (including phenoxy) is 2. The number of pyridine rings is 1. The van der Waals surface area contributed by atoms with Crippen molar-refractivity contribution in [2.45, 2.75) is 19.3 Å². The summed E-state index contributed by atoms with van der Waals surface area (Å²) in [5.74, 6) is 0.598. The lowest BCUT2D eigenvalue weighted by molar-refractivity contribution is 0.102. The summed E-state index contributed by atoms with van der Waals surface area (Å²) in [5, 5.41) is 3.24. The zero-order chi connectivity index (χ0) is 18.5. The van der Waals surface area contributed by atoms with E-state index in [9.17, 15) is 4.79 Å². The Balaban J connectivity index is 1.82. The molecule has 2 heterocycles. The quantitative estimate of drug-likeness (QED) is 0.855. The van der Waals surface area contributed by atoms with Crippen LogP contribution in [-0.2, 0) is 0 Å². The van der Waals surface area contributed by atoms with Crippen molar-refractivity contribution in [3.8, 4) is 11.5 Å². The van der Waals surface area contributed by atoms with Crippen molar-refractivity contribution in [2.24, 2.45) is 0 Å². The van der Waals surface area contributed by atoms with Crippen LogP contribution in [0.2, 0.25) is 5.02 Å². The number of aromatic nitrogens is 1. The molecule has 1 fully saturated rings. The molecule has 0 aliphatic carbocycles. The van der Waals surface area contributed by atoms with Gasteiger partial charge in [-0.25, -0.2) is 0 Å². The number of piperidine rings is 1. The molecular formula is C19H22ClN3O3. The third-order valence-electron chi connectivity index (χ3n) is 4.42. The zero-order valence-electron chi connectivity index (χ0n) is 14.9. The first-order valence-electron chi connectivity index (χ1n) is 8.56. The van der Waals surface area contributed by atoms with Gasteiger partial charge < -0.3 is 19.7 Å². The first-order chi connectivity index (χ1) is 12.6. The monoisotopic (exact) mass is 375 g/mol. The Morgan fingerprint density at radius 1 is 1.12 bits per heavy atom. The molecule has 0 unspecified atom stereocenters. The summed E-state index contributed by atoms with van der Waals surface area (Å²) in [4.78, 5) is 19.2. The first-order valence-corrected chi connectivity index (χ1v) is 8.94. The number of amides is 1. The number of anilines is 2. The van der Waals surface area contributed by atoms with Crippen LogP contribution in [0, 0.1) is 0 Å². The first kappa shape index (κ1) is 18.3. The van der Waals surface area contributed by atoms with Gasteiger partial charge in [-0.1, -0.05) is 11.6 Å². The second-order valence-electron chi connectivity index (χ2n) is 6.09. The van der Waals surface area contributed by atoms with Crippen molar-refractivity contribution in [3.63, 3.8) is 0 Å². The van der Waals surface area contributed by atoms with E-state index in [4.69, 9.17) is 21.1 Å². The summed E-state index contributed by atoms with van der Waals surface area (Å²) in [5.41, 5.74) is 1.85. The molecule has 0 spiro atoms. The second-order valence-corrected chi connectivity index (χ2v) is 6.50. The van der Waals surface area contributed by atoms with Crippen LogP contribution >= 0.6 is 11.6 Å². The molecule has 2 aromatic rings. The molecule has 0 bridgehead atoms. The lowest BCUT2D eigenvalue weighted by Gasteiger charge is -2.28. The number of hydrogen-bond donors (Lipinski definition) is 1. The molecular weight excluding hydrogens is 354 g/mol. The highest BCUT2D eigenvalue weighted by Gasteiger charge is 2.17. The predicted molar refractivity (Wildman–Crippen MR) is 103 cm³/mol. The summed E-state index contributed by atoms with van der Waals surface area (Å²) >= 11 is 6.11. The molecule has 26 heavy (non-hydrogen) atoms. The predicted octanol–water partition coefficient (Wildman–Crippen LogP) is 3.99. The molecule has 1 amide bonds. The number of hydrogen-bond acceptors (Lipinski definition) is 5. The lowest BCUT2D eigenvalue weighted by atomic mass is 10.1. The molecule has 1 N–H and O–H groups in total. The fraction of sp³-hybridized carbons (Fsp3) is 0.368. The third-order valence-corrected chi connectivity index (χ3v) is 4.71. The van der Waals surface area contributed by atoms with Crippen molar-refractivity contribution in [2.75, 3.05) is 37.5 Å². The highest BCUT2D eigenvalue weighted by Crippen LogP contribution is 2.36. The highest BCUT2D eigenvalue weighted by atomic mass is 35.5. The number of methoxy groups -OCH3 is 2. The Kier molecular flexibility index (Phi) is 5.83. The average molecular weight is 376 g/mol. The van der Waals surface area contributed by atoms with E-state index in [0.717, 1.165) is 18.8 Å². The fourth-order valence-electron chi connectivity index (χ4n) is 3.04. The van der Waals surface area contributed by atoms with E-state index < -0.39 is 0 Å². The van der Waals surface area contributed by atoms with Gasteiger partial charge in [-0.15, -0.1) is 0 Å². The minimum Gasteiger partial charge on any atom is -0.495 e. The second kappa shape index (κ2) is 8.27. The number of nitrogens with one attached hydrogen (secondary N) is 1. The summed E-state index contributed by atoms with van der Waals surface area (Å²) in [6, 6.07) is 7.00. The number of nitrogens with zero attached hydrogens (tertiary/aromatic N) is 2. The Hall–Kier alpha value is -2.47. The van der Waals surface area contributed by atoms with E-state index in [1.54, 1.807) is 18.3 Å².